The van der Waals surface area contributed by atoms with Crippen LogP contribution in [0.15, 0.2) is 85.3 Å². The van der Waals surface area contributed by atoms with E-state index in [1.54, 1.807) is 27.8 Å². The fourth-order valence-corrected chi connectivity index (χ4v) is 5.92. The first kappa shape index (κ1) is 27.3. The van der Waals surface area contributed by atoms with Gasteiger partial charge in [0.05, 0.1) is 11.9 Å². The van der Waals surface area contributed by atoms with Gasteiger partial charge in [-0.05, 0) is 74.1 Å². The smallest absolute Gasteiger partial charge is 0.320 e. The molecule has 0 bridgehead atoms. The molecule has 0 aliphatic heterocycles. The second-order valence-electron chi connectivity index (χ2n) is 10.8. The van der Waals surface area contributed by atoms with E-state index in [1.807, 2.05) is 68.7 Å². The molecule has 3 heterocycles. The van der Waals surface area contributed by atoms with Crippen molar-refractivity contribution in [2.75, 3.05) is 5.32 Å². The summed E-state index contributed by atoms with van der Waals surface area (Å²) in [6.07, 6.45) is 7.49. The first-order chi connectivity index (χ1) is 20.4. The largest absolute Gasteiger partial charge is 0.334 e. The number of pyridine rings is 1. The molecule has 2 amide bonds. The number of hydrogen-bond acceptors (Lipinski definition) is 4. The van der Waals surface area contributed by atoms with Gasteiger partial charge in [-0.15, -0.1) is 0 Å². The molecule has 3 aromatic heterocycles. The van der Waals surface area contributed by atoms with Crippen molar-refractivity contribution in [1.82, 2.24) is 29.9 Å². The van der Waals surface area contributed by atoms with Crippen molar-refractivity contribution < 1.29 is 13.6 Å². The summed E-state index contributed by atoms with van der Waals surface area (Å²) in [6.45, 7) is 1.91. The summed E-state index contributed by atoms with van der Waals surface area (Å²) < 4.78 is 31.4. The lowest BCUT2D eigenvalue weighted by Gasteiger charge is -2.22. The number of aryl methyl sites for hydroxylation is 1. The van der Waals surface area contributed by atoms with Gasteiger partial charge in [0.25, 0.3) is 0 Å². The molecule has 1 saturated carbocycles. The summed E-state index contributed by atoms with van der Waals surface area (Å²) in [7, 11) is 1.84. The Hall–Kier alpha value is -4.86. The zero-order chi connectivity index (χ0) is 29.2. The van der Waals surface area contributed by atoms with Crippen molar-refractivity contribution in [3.05, 3.63) is 114 Å². The molecule has 3 atom stereocenters. The van der Waals surface area contributed by atoms with Crippen LogP contribution in [0, 0.1) is 24.5 Å². The Kier molecular flexibility index (Phi) is 7.52. The fourth-order valence-electron chi connectivity index (χ4n) is 5.92. The quantitative estimate of drug-likeness (QED) is 0.246. The van der Waals surface area contributed by atoms with E-state index in [-0.39, 0.29) is 17.9 Å². The van der Waals surface area contributed by atoms with Crippen molar-refractivity contribution in [1.29, 1.82) is 0 Å². The van der Waals surface area contributed by atoms with Crippen molar-refractivity contribution in [2.24, 2.45) is 13.0 Å². The van der Waals surface area contributed by atoms with E-state index in [9.17, 15) is 13.6 Å². The lowest BCUT2D eigenvalue weighted by Crippen LogP contribution is -2.40. The molecule has 10 heteroatoms. The Balaban J connectivity index is 1.28. The molecule has 1 unspecified atom stereocenters. The number of rotatable bonds is 7. The number of anilines is 1. The van der Waals surface area contributed by atoms with Gasteiger partial charge in [0.15, 0.2) is 11.6 Å². The van der Waals surface area contributed by atoms with Gasteiger partial charge in [-0.1, -0.05) is 30.3 Å². The van der Waals surface area contributed by atoms with Gasteiger partial charge in [0.1, 0.15) is 11.5 Å². The number of halogens is 2. The van der Waals surface area contributed by atoms with Crippen molar-refractivity contribution >= 4 is 11.8 Å². The van der Waals surface area contributed by atoms with E-state index in [2.05, 4.69) is 20.7 Å². The van der Waals surface area contributed by atoms with E-state index in [1.165, 1.54) is 6.07 Å². The van der Waals surface area contributed by atoms with E-state index in [0.29, 0.717) is 29.9 Å². The summed E-state index contributed by atoms with van der Waals surface area (Å²) in [5, 5.41) is 15.3. The number of carbonyl (C=O) groups is 1. The van der Waals surface area contributed by atoms with Crippen LogP contribution in [-0.2, 0) is 13.5 Å². The van der Waals surface area contributed by atoms with Crippen molar-refractivity contribution in [3.8, 4) is 16.9 Å². The maximum absolute atomic E-state index is 14.2. The summed E-state index contributed by atoms with van der Waals surface area (Å²) in [6, 6.07) is 18.7. The molecule has 1 aliphatic rings. The average Bonchev–Trinajstić information content (AvgIpc) is 3.68. The van der Waals surface area contributed by atoms with Crippen LogP contribution in [-0.4, -0.2) is 36.6 Å². The molecule has 1 fully saturated rings. The Bertz CT molecular complexity index is 1700. The van der Waals surface area contributed by atoms with Crippen LogP contribution in [0.25, 0.3) is 16.9 Å². The highest BCUT2D eigenvalue weighted by atomic mass is 19.2. The molecule has 42 heavy (non-hydrogen) atoms. The zero-order valence-corrected chi connectivity index (χ0v) is 23.3. The second kappa shape index (κ2) is 11.6. The average molecular weight is 568 g/mol. The van der Waals surface area contributed by atoms with Gasteiger partial charge in [-0.25, -0.2) is 18.3 Å². The third kappa shape index (κ3) is 5.65. The number of hydrogen-bond donors (Lipinski definition) is 2. The summed E-state index contributed by atoms with van der Waals surface area (Å²) >= 11 is 0. The minimum Gasteiger partial charge on any atom is -0.334 e. The first-order valence-electron chi connectivity index (χ1n) is 13.9. The molecule has 2 N–H and O–H groups in total. The fraction of sp³-hybridized carbons (Fsp3) is 0.250. The molecule has 2 aromatic carbocycles. The molecule has 214 valence electrons. The van der Waals surface area contributed by atoms with E-state index in [4.69, 9.17) is 5.10 Å². The number of amides is 2. The standard InChI is InChI=1S/C32H31F2N7O/c1-20-30(23-18-36-40(2)19-23)39-41(25-9-4-3-5-10-25)31(20)38-32(42)37-29-16-21(14-24-8-6-7-13-35-24)15-26(29)22-11-12-27(33)28(34)17-22/h3-13,17-19,21,26,29H,14-16H2,1-2H3,(H2,37,38,42)/t21?,26-,29+/m0/s1. The lowest BCUT2D eigenvalue weighted by molar-refractivity contribution is 0.247. The molecule has 8 nitrogen and oxygen atoms in total. The normalized spacial score (nSPS) is 18.2. The second-order valence-corrected chi connectivity index (χ2v) is 10.8. The van der Waals surface area contributed by atoms with Crippen molar-refractivity contribution in [3.63, 3.8) is 0 Å². The van der Waals surface area contributed by atoms with E-state index >= 15 is 0 Å². The molecular formula is C32H31F2N7O. The Morgan fingerprint density at radius 1 is 1.02 bits per heavy atom. The Morgan fingerprint density at radius 2 is 1.83 bits per heavy atom. The number of urea groups is 1. The number of nitrogens with one attached hydrogen (secondary N) is 2. The minimum atomic E-state index is -0.894. The van der Waals surface area contributed by atoms with Crippen LogP contribution >= 0.6 is 0 Å². The van der Waals surface area contributed by atoms with Gasteiger partial charge >= 0.3 is 6.03 Å². The molecular weight excluding hydrogens is 536 g/mol. The number of aromatic nitrogens is 5. The third-order valence-corrected chi connectivity index (χ3v) is 7.91. The van der Waals surface area contributed by atoms with Crippen LogP contribution in [0.4, 0.5) is 19.4 Å². The maximum Gasteiger partial charge on any atom is 0.320 e. The molecule has 0 spiro atoms. The lowest BCUT2D eigenvalue weighted by atomic mass is 9.92. The Labute approximate surface area is 242 Å². The van der Waals surface area contributed by atoms with Gasteiger partial charge in [-0.2, -0.15) is 10.2 Å². The molecule has 5 aromatic rings. The Morgan fingerprint density at radius 3 is 2.55 bits per heavy atom. The predicted molar refractivity (Wildman–Crippen MR) is 156 cm³/mol. The summed E-state index contributed by atoms with van der Waals surface area (Å²) in [4.78, 5) is 18.1. The highest BCUT2D eigenvalue weighted by molar-refractivity contribution is 5.91. The SMILES string of the molecule is Cc1c(-c2cnn(C)c2)nn(-c2ccccc2)c1NC(=O)N[C@@H]1CC(Cc2ccccn2)C[C@H]1c1ccc(F)c(F)c1. The monoisotopic (exact) mass is 567 g/mol. The molecule has 6 rings (SSSR count). The zero-order valence-electron chi connectivity index (χ0n) is 23.3. The predicted octanol–water partition coefficient (Wildman–Crippen LogP) is 6.18. The van der Waals surface area contributed by atoms with Gasteiger partial charge in [0.2, 0.25) is 0 Å². The van der Waals surface area contributed by atoms with E-state index in [0.717, 1.165) is 35.0 Å². The van der Waals surface area contributed by atoms with Gasteiger partial charge in [0, 0.05) is 48.2 Å². The number of para-hydroxylation sites is 1. The van der Waals surface area contributed by atoms with Crippen LogP contribution in [0.5, 0.6) is 0 Å². The highest BCUT2D eigenvalue weighted by Crippen LogP contribution is 2.40. The van der Waals surface area contributed by atoms with Crippen LogP contribution < -0.4 is 10.6 Å². The topological polar surface area (TPSA) is 89.7 Å². The van der Waals surface area contributed by atoms with Crippen LogP contribution in [0.3, 0.4) is 0 Å². The van der Waals surface area contributed by atoms with Gasteiger partial charge < -0.3 is 5.32 Å². The maximum atomic E-state index is 14.2. The summed E-state index contributed by atoms with van der Waals surface area (Å²) in [5.41, 5.74) is 4.74. The highest BCUT2D eigenvalue weighted by Gasteiger charge is 2.37. The minimum absolute atomic E-state index is 0.189. The van der Waals surface area contributed by atoms with Crippen LogP contribution in [0.2, 0.25) is 0 Å². The third-order valence-electron chi connectivity index (χ3n) is 7.91. The van der Waals surface area contributed by atoms with Gasteiger partial charge in [-0.3, -0.25) is 15.0 Å². The molecule has 0 radical (unpaired) electrons. The molecule has 1 aliphatic carbocycles. The first-order valence-corrected chi connectivity index (χ1v) is 13.9. The van der Waals surface area contributed by atoms with Crippen LogP contribution in [0.1, 0.15) is 35.6 Å². The number of carbonyl (C=O) groups excluding carboxylic acids is 1. The summed E-state index contributed by atoms with van der Waals surface area (Å²) in [5.74, 6) is -1.24. The van der Waals surface area contributed by atoms with E-state index < -0.39 is 17.7 Å². The molecule has 0 saturated heterocycles. The van der Waals surface area contributed by atoms with Crippen molar-refractivity contribution in [2.45, 2.75) is 38.1 Å². The number of nitrogens with zero attached hydrogens (tertiary/aromatic N) is 5. The number of benzene rings is 2.